The van der Waals surface area contributed by atoms with Crippen LogP contribution in [0.4, 0.5) is 0 Å². The first kappa shape index (κ1) is 19.6. The molecule has 2 atom stereocenters. The number of aromatic nitrogens is 1. The molecule has 27 heavy (non-hydrogen) atoms. The highest BCUT2D eigenvalue weighted by molar-refractivity contribution is 6.00. The van der Waals surface area contributed by atoms with Gasteiger partial charge in [-0.2, -0.15) is 0 Å². The lowest BCUT2D eigenvalue weighted by Crippen LogP contribution is -2.51. The van der Waals surface area contributed by atoms with E-state index in [9.17, 15) is 4.79 Å². The predicted octanol–water partition coefficient (Wildman–Crippen LogP) is 4.71. The highest BCUT2D eigenvalue weighted by atomic mass is 16.5. The molecular formula is C22H30N2O3. The largest absolute Gasteiger partial charge is 0.371 e. The van der Waals surface area contributed by atoms with Gasteiger partial charge in [-0.15, -0.1) is 0 Å². The van der Waals surface area contributed by atoms with Crippen LogP contribution in [0.5, 0.6) is 0 Å². The summed E-state index contributed by atoms with van der Waals surface area (Å²) in [7, 11) is 0. The normalized spacial score (nSPS) is 20.3. The van der Waals surface area contributed by atoms with E-state index >= 15 is 0 Å². The summed E-state index contributed by atoms with van der Waals surface area (Å²) in [5.74, 6) is 0.918. The highest BCUT2D eigenvalue weighted by Crippen LogP contribution is 2.29. The van der Waals surface area contributed by atoms with E-state index in [4.69, 9.17) is 9.26 Å². The van der Waals surface area contributed by atoms with Gasteiger partial charge < -0.3 is 14.2 Å². The van der Waals surface area contributed by atoms with Gasteiger partial charge in [-0.3, -0.25) is 4.79 Å². The van der Waals surface area contributed by atoms with Gasteiger partial charge in [0.15, 0.2) is 0 Å². The Kier molecular flexibility index (Phi) is 6.32. The number of hydrogen-bond donors (Lipinski definition) is 0. The molecule has 1 fully saturated rings. The fourth-order valence-electron chi connectivity index (χ4n) is 3.57. The second kappa shape index (κ2) is 8.70. The van der Waals surface area contributed by atoms with E-state index in [1.54, 1.807) is 0 Å². The van der Waals surface area contributed by atoms with E-state index in [0.29, 0.717) is 36.0 Å². The van der Waals surface area contributed by atoms with Crippen LogP contribution >= 0.6 is 0 Å². The second-order valence-corrected chi connectivity index (χ2v) is 7.72. The molecule has 3 rings (SSSR count). The third kappa shape index (κ3) is 4.41. The zero-order valence-electron chi connectivity index (χ0n) is 16.8. The molecule has 1 aromatic carbocycles. The second-order valence-electron chi connectivity index (χ2n) is 7.72. The Labute approximate surface area is 161 Å². The molecule has 1 amide bonds. The van der Waals surface area contributed by atoms with Crippen LogP contribution in [0.25, 0.3) is 11.3 Å². The van der Waals surface area contributed by atoms with E-state index in [0.717, 1.165) is 24.8 Å². The van der Waals surface area contributed by atoms with Gasteiger partial charge in [0.2, 0.25) is 0 Å². The summed E-state index contributed by atoms with van der Waals surface area (Å²) in [6, 6.07) is 9.74. The maximum absolute atomic E-state index is 13.4. The first-order chi connectivity index (χ1) is 13.0. The molecule has 0 unspecified atom stereocenters. The molecule has 1 saturated heterocycles. The number of aryl methyl sites for hydroxylation is 1. The topological polar surface area (TPSA) is 55.6 Å². The fraction of sp³-hybridized carbons (Fsp3) is 0.545. The molecule has 0 aliphatic carbocycles. The van der Waals surface area contributed by atoms with Gasteiger partial charge in [-0.1, -0.05) is 69.1 Å². The van der Waals surface area contributed by atoms with Gasteiger partial charge in [0.25, 0.3) is 5.91 Å². The predicted molar refractivity (Wildman–Crippen MR) is 106 cm³/mol. The molecule has 1 aliphatic heterocycles. The number of morpholine rings is 1. The minimum atomic E-state index is -0.0111. The molecular weight excluding hydrogens is 340 g/mol. The van der Waals surface area contributed by atoms with Crippen molar-refractivity contribution in [3.05, 3.63) is 41.7 Å². The Balaban J connectivity index is 1.87. The number of carbonyl (C=O) groups excluding carboxylic acids is 1. The summed E-state index contributed by atoms with van der Waals surface area (Å²) in [4.78, 5) is 15.4. The van der Waals surface area contributed by atoms with Crippen LogP contribution in [0.1, 0.15) is 56.2 Å². The van der Waals surface area contributed by atoms with Gasteiger partial charge in [0, 0.05) is 18.7 Å². The zero-order valence-corrected chi connectivity index (χ0v) is 16.8. The summed E-state index contributed by atoms with van der Waals surface area (Å²) in [5, 5.41) is 4.17. The summed E-state index contributed by atoms with van der Waals surface area (Å²) >= 11 is 0. The monoisotopic (exact) mass is 370 g/mol. The minimum Gasteiger partial charge on any atom is -0.371 e. The van der Waals surface area contributed by atoms with E-state index in [1.807, 2.05) is 42.2 Å². The van der Waals surface area contributed by atoms with Gasteiger partial charge in [-0.05, 0) is 19.3 Å². The van der Waals surface area contributed by atoms with Crippen molar-refractivity contribution in [3.63, 3.8) is 0 Å². The average Bonchev–Trinajstić information content (AvgIpc) is 3.07. The lowest BCUT2D eigenvalue weighted by atomic mass is 10.00. The van der Waals surface area contributed by atoms with Crippen LogP contribution in [0.2, 0.25) is 0 Å². The molecule has 5 nitrogen and oxygen atoms in total. The van der Waals surface area contributed by atoms with Crippen molar-refractivity contribution in [1.82, 2.24) is 10.1 Å². The van der Waals surface area contributed by atoms with E-state index in [-0.39, 0.29) is 18.1 Å². The van der Waals surface area contributed by atoms with Crippen molar-refractivity contribution in [2.24, 2.45) is 5.92 Å². The summed E-state index contributed by atoms with van der Waals surface area (Å²) in [6.45, 7) is 9.52. The molecule has 1 aliphatic rings. The van der Waals surface area contributed by atoms with Crippen LogP contribution in [-0.2, 0) is 4.74 Å². The van der Waals surface area contributed by atoms with E-state index in [2.05, 4.69) is 25.9 Å². The van der Waals surface area contributed by atoms with Gasteiger partial charge >= 0.3 is 0 Å². The van der Waals surface area contributed by atoms with E-state index in [1.165, 1.54) is 0 Å². The molecule has 0 radical (unpaired) electrons. The van der Waals surface area contributed by atoms with Crippen LogP contribution in [0.15, 0.2) is 34.9 Å². The molecule has 0 N–H and O–H groups in total. The van der Waals surface area contributed by atoms with Crippen LogP contribution in [0, 0.1) is 12.8 Å². The number of nitrogens with zero attached hydrogens (tertiary/aromatic N) is 2. The number of ether oxygens (including phenoxy) is 1. The Bertz CT molecular complexity index is 754. The van der Waals surface area contributed by atoms with Crippen LogP contribution < -0.4 is 0 Å². The third-order valence-electron chi connectivity index (χ3n) is 5.23. The minimum absolute atomic E-state index is 0.0111. The van der Waals surface area contributed by atoms with Crippen molar-refractivity contribution in [1.29, 1.82) is 0 Å². The van der Waals surface area contributed by atoms with Crippen molar-refractivity contribution in [3.8, 4) is 11.3 Å². The van der Waals surface area contributed by atoms with Crippen LogP contribution in [0.3, 0.4) is 0 Å². The Morgan fingerprint density at radius 1 is 1.26 bits per heavy atom. The Morgan fingerprint density at radius 2 is 2.00 bits per heavy atom. The van der Waals surface area contributed by atoms with Crippen molar-refractivity contribution in [2.45, 2.75) is 59.2 Å². The summed E-state index contributed by atoms with van der Waals surface area (Å²) in [5.41, 5.74) is 2.09. The lowest BCUT2D eigenvalue weighted by molar-refractivity contribution is -0.0962. The van der Waals surface area contributed by atoms with Gasteiger partial charge in [0.1, 0.15) is 17.0 Å². The molecule has 1 aromatic heterocycles. The Hall–Kier alpha value is -2.14. The number of amides is 1. The first-order valence-electron chi connectivity index (χ1n) is 9.97. The zero-order chi connectivity index (χ0) is 19.4. The number of carbonyl (C=O) groups is 1. The first-order valence-corrected chi connectivity index (χ1v) is 9.97. The Morgan fingerprint density at radius 3 is 2.67 bits per heavy atom. The number of unbranched alkanes of at least 4 members (excludes halogenated alkanes) is 1. The number of rotatable bonds is 6. The maximum Gasteiger partial charge on any atom is 0.259 e. The third-order valence-corrected chi connectivity index (χ3v) is 5.23. The molecule has 146 valence electrons. The standard InChI is InChI=1S/C22H30N2O3/c1-5-6-12-18-13-24(14-19(26-18)15(2)3)22(25)20-16(4)27-23-21(20)17-10-8-7-9-11-17/h7-11,15,18-19H,5-6,12-14H2,1-4H3/t18-,19-/m1/s1. The van der Waals surface area contributed by atoms with Crippen LogP contribution in [-0.4, -0.2) is 41.3 Å². The number of hydrogen-bond acceptors (Lipinski definition) is 4. The molecule has 0 saturated carbocycles. The lowest BCUT2D eigenvalue weighted by Gasteiger charge is -2.40. The molecule has 0 spiro atoms. The smallest absolute Gasteiger partial charge is 0.259 e. The SMILES string of the molecule is CCCC[C@@H]1CN(C(=O)c2c(-c3ccccc3)noc2C)C[C@H](C(C)C)O1. The van der Waals surface area contributed by atoms with Gasteiger partial charge in [0.05, 0.1) is 12.2 Å². The molecule has 2 aromatic rings. The van der Waals surface area contributed by atoms with Crippen molar-refractivity contribution >= 4 is 5.91 Å². The fourth-order valence-corrected chi connectivity index (χ4v) is 3.57. The summed E-state index contributed by atoms with van der Waals surface area (Å²) < 4.78 is 11.7. The highest BCUT2D eigenvalue weighted by Gasteiger charge is 2.34. The van der Waals surface area contributed by atoms with Crippen molar-refractivity contribution in [2.75, 3.05) is 13.1 Å². The average molecular weight is 370 g/mol. The molecule has 2 heterocycles. The summed E-state index contributed by atoms with van der Waals surface area (Å²) in [6.07, 6.45) is 3.38. The van der Waals surface area contributed by atoms with Gasteiger partial charge in [-0.25, -0.2) is 0 Å². The molecule has 5 heteroatoms. The van der Waals surface area contributed by atoms with Crippen molar-refractivity contribution < 1.29 is 14.1 Å². The quantitative estimate of drug-likeness (QED) is 0.739. The van der Waals surface area contributed by atoms with E-state index < -0.39 is 0 Å². The maximum atomic E-state index is 13.4. The molecule has 0 bridgehead atoms. The number of benzene rings is 1.